The quantitative estimate of drug-likeness (QED) is 0.438. The molecule has 1 aliphatic rings. The van der Waals surface area contributed by atoms with E-state index in [9.17, 15) is 27.2 Å². The van der Waals surface area contributed by atoms with Gasteiger partial charge in [-0.3, -0.25) is 4.79 Å². The monoisotopic (exact) mass is 412 g/mol. The molecule has 0 saturated carbocycles. The molecule has 1 aromatic heterocycles. The Kier molecular flexibility index (Phi) is 5.16. The molecule has 0 unspecified atom stereocenters. The standard InChI is InChI=1S/C18H16F4N4O3/c1-11-5-12(7-13(6-11)18(20,21)22)15-23-10-26(24-15)4-3-14(27)25-8-17(19,9-25)16(28)29-2/h3-7,10H,8-9H2,1-2H3/b4-3-. The van der Waals surface area contributed by atoms with E-state index in [0.29, 0.717) is 5.56 Å². The minimum atomic E-state index is -4.50. The van der Waals surface area contributed by atoms with Gasteiger partial charge in [-0.2, -0.15) is 13.2 Å². The highest BCUT2D eigenvalue weighted by molar-refractivity contribution is 5.93. The maximum Gasteiger partial charge on any atom is 0.416 e. The molecule has 0 atom stereocenters. The minimum Gasteiger partial charge on any atom is -0.467 e. The van der Waals surface area contributed by atoms with Crippen molar-refractivity contribution in [2.24, 2.45) is 0 Å². The van der Waals surface area contributed by atoms with Gasteiger partial charge in [0.2, 0.25) is 11.6 Å². The topological polar surface area (TPSA) is 77.3 Å². The third-order valence-corrected chi connectivity index (χ3v) is 4.29. The van der Waals surface area contributed by atoms with Crippen molar-refractivity contribution in [3.8, 4) is 11.4 Å². The fourth-order valence-electron chi connectivity index (χ4n) is 2.83. The molecule has 3 rings (SSSR count). The summed E-state index contributed by atoms with van der Waals surface area (Å²) in [5, 5.41) is 4.02. The van der Waals surface area contributed by atoms with Crippen LogP contribution in [0.15, 0.2) is 30.6 Å². The van der Waals surface area contributed by atoms with E-state index < -0.39 is 42.4 Å². The number of hydrogen-bond donors (Lipinski definition) is 0. The number of benzene rings is 1. The van der Waals surface area contributed by atoms with Crippen LogP contribution >= 0.6 is 0 Å². The maximum absolute atomic E-state index is 14.0. The number of aryl methyl sites for hydroxylation is 1. The Labute approximate surface area is 162 Å². The number of halogens is 4. The van der Waals surface area contributed by atoms with Gasteiger partial charge in [0.15, 0.2) is 5.82 Å². The number of carbonyl (C=O) groups excluding carboxylic acids is 2. The zero-order valence-electron chi connectivity index (χ0n) is 15.4. The van der Waals surface area contributed by atoms with Crippen molar-refractivity contribution in [3.63, 3.8) is 0 Å². The van der Waals surface area contributed by atoms with Crippen molar-refractivity contribution in [1.29, 1.82) is 0 Å². The number of carbonyl (C=O) groups is 2. The maximum atomic E-state index is 14.0. The van der Waals surface area contributed by atoms with Crippen molar-refractivity contribution in [3.05, 3.63) is 41.7 Å². The molecular formula is C18H16F4N4O3. The smallest absolute Gasteiger partial charge is 0.416 e. The number of methoxy groups -OCH3 is 1. The highest BCUT2D eigenvalue weighted by atomic mass is 19.4. The fraction of sp³-hybridized carbons (Fsp3) is 0.333. The zero-order valence-corrected chi connectivity index (χ0v) is 15.4. The Morgan fingerprint density at radius 1 is 1.24 bits per heavy atom. The highest BCUT2D eigenvalue weighted by Gasteiger charge is 2.52. The van der Waals surface area contributed by atoms with E-state index in [1.54, 1.807) is 0 Å². The summed E-state index contributed by atoms with van der Waals surface area (Å²) in [6.07, 6.45) is -0.955. The van der Waals surface area contributed by atoms with E-state index >= 15 is 0 Å². The van der Waals surface area contributed by atoms with Gasteiger partial charge >= 0.3 is 12.1 Å². The predicted octanol–water partition coefficient (Wildman–Crippen LogP) is 2.47. The van der Waals surface area contributed by atoms with E-state index in [1.165, 1.54) is 25.5 Å². The lowest BCUT2D eigenvalue weighted by molar-refractivity contribution is -0.170. The second kappa shape index (κ2) is 7.30. The third-order valence-electron chi connectivity index (χ3n) is 4.29. The van der Waals surface area contributed by atoms with Crippen molar-refractivity contribution in [2.75, 3.05) is 20.2 Å². The predicted molar refractivity (Wildman–Crippen MR) is 93.0 cm³/mol. The van der Waals surface area contributed by atoms with Gasteiger partial charge in [-0.1, -0.05) is 0 Å². The number of alkyl halides is 4. The molecule has 2 heterocycles. The second-order valence-electron chi connectivity index (χ2n) is 6.60. The molecule has 1 fully saturated rings. The molecule has 1 aromatic carbocycles. The molecule has 154 valence electrons. The van der Waals surface area contributed by atoms with Crippen LogP contribution in [0.5, 0.6) is 0 Å². The van der Waals surface area contributed by atoms with Crippen molar-refractivity contribution < 1.29 is 31.9 Å². The Hall–Kier alpha value is -3.24. The number of rotatable bonds is 4. The summed E-state index contributed by atoms with van der Waals surface area (Å²) in [6.45, 7) is 0.685. The summed E-state index contributed by atoms with van der Waals surface area (Å²) in [6, 6.07) is 3.47. The number of aromatic nitrogens is 3. The summed E-state index contributed by atoms with van der Waals surface area (Å²) in [5.41, 5.74) is -2.44. The number of amides is 1. The summed E-state index contributed by atoms with van der Waals surface area (Å²) in [4.78, 5) is 28.3. The first-order valence-corrected chi connectivity index (χ1v) is 8.37. The average Bonchev–Trinajstić information content (AvgIpc) is 3.10. The van der Waals surface area contributed by atoms with Crippen molar-refractivity contribution in [2.45, 2.75) is 18.8 Å². The second-order valence-corrected chi connectivity index (χ2v) is 6.60. The summed E-state index contributed by atoms with van der Waals surface area (Å²) < 4.78 is 58.4. The molecule has 1 aliphatic heterocycles. The molecule has 0 N–H and O–H groups in total. The number of hydrogen-bond acceptors (Lipinski definition) is 5. The molecule has 0 spiro atoms. The van der Waals surface area contributed by atoms with Gasteiger partial charge in [-0.05, 0) is 30.7 Å². The molecule has 29 heavy (non-hydrogen) atoms. The molecular weight excluding hydrogens is 396 g/mol. The van der Waals surface area contributed by atoms with E-state index in [1.807, 2.05) is 0 Å². The van der Waals surface area contributed by atoms with Crippen LogP contribution < -0.4 is 0 Å². The Balaban J connectivity index is 1.69. The molecule has 2 aromatic rings. The van der Waals surface area contributed by atoms with Gasteiger partial charge < -0.3 is 9.64 Å². The number of nitrogens with zero attached hydrogens (tertiary/aromatic N) is 4. The third kappa shape index (κ3) is 4.28. The largest absolute Gasteiger partial charge is 0.467 e. The summed E-state index contributed by atoms with van der Waals surface area (Å²) in [5.74, 6) is -1.55. The van der Waals surface area contributed by atoms with Gasteiger partial charge in [0, 0.05) is 17.8 Å². The molecule has 7 nitrogen and oxygen atoms in total. The normalized spacial score (nSPS) is 16.0. The van der Waals surface area contributed by atoms with E-state index in [-0.39, 0.29) is 11.4 Å². The molecule has 0 radical (unpaired) electrons. The van der Waals surface area contributed by atoms with Crippen LogP contribution in [-0.2, 0) is 20.5 Å². The summed E-state index contributed by atoms with van der Waals surface area (Å²) in [7, 11) is 1.06. The SMILES string of the molecule is COC(=O)C1(F)CN(C(=O)/C=C\n2cnc(-c3cc(C)cc(C(F)(F)F)c3)n2)C1. The van der Waals surface area contributed by atoms with Crippen LogP contribution in [0.3, 0.4) is 0 Å². The molecule has 0 bridgehead atoms. The Morgan fingerprint density at radius 3 is 2.55 bits per heavy atom. The van der Waals surface area contributed by atoms with Crippen LogP contribution in [0.25, 0.3) is 17.6 Å². The van der Waals surface area contributed by atoms with Gasteiger partial charge in [0.1, 0.15) is 6.33 Å². The lowest BCUT2D eigenvalue weighted by Crippen LogP contribution is -2.64. The molecule has 1 amide bonds. The molecule has 11 heteroatoms. The van der Waals surface area contributed by atoms with Crippen LogP contribution in [0.2, 0.25) is 0 Å². The Bertz CT molecular complexity index is 978. The van der Waals surface area contributed by atoms with Crippen molar-refractivity contribution >= 4 is 18.1 Å². The Morgan fingerprint density at radius 2 is 1.93 bits per heavy atom. The first-order chi connectivity index (χ1) is 13.5. The first-order valence-electron chi connectivity index (χ1n) is 8.37. The van der Waals surface area contributed by atoms with Gasteiger partial charge in [-0.15, -0.1) is 5.10 Å². The molecule has 0 aliphatic carbocycles. The first kappa shape index (κ1) is 20.5. The van der Waals surface area contributed by atoms with Crippen molar-refractivity contribution in [1.82, 2.24) is 19.7 Å². The average molecular weight is 412 g/mol. The van der Waals surface area contributed by atoms with E-state index in [2.05, 4.69) is 14.8 Å². The molecule has 1 saturated heterocycles. The fourth-order valence-corrected chi connectivity index (χ4v) is 2.83. The van der Waals surface area contributed by atoms with Crippen LogP contribution in [0.4, 0.5) is 17.6 Å². The van der Waals surface area contributed by atoms with Gasteiger partial charge in [-0.25, -0.2) is 18.9 Å². The van der Waals surface area contributed by atoms with Gasteiger partial charge in [0.05, 0.1) is 25.8 Å². The minimum absolute atomic E-state index is 0.0497. The summed E-state index contributed by atoms with van der Waals surface area (Å²) >= 11 is 0. The van der Waals surface area contributed by atoms with Crippen LogP contribution in [0, 0.1) is 6.92 Å². The van der Waals surface area contributed by atoms with Crippen LogP contribution in [0.1, 0.15) is 11.1 Å². The number of likely N-dealkylation sites (tertiary alicyclic amines) is 1. The van der Waals surface area contributed by atoms with E-state index in [4.69, 9.17) is 0 Å². The lowest BCUT2D eigenvalue weighted by atomic mass is 9.96. The highest BCUT2D eigenvalue weighted by Crippen LogP contribution is 2.32. The zero-order chi connectivity index (χ0) is 21.4. The number of ether oxygens (including phenoxy) is 1. The number of esters is 1. The lowest BCUT2D eigenvalue weighted by Gasteiger charge is -2.41. The van der Waals surface area contributed by atoms with E-state index in [0.717, 1.165) is 34.9 Å². The van der Waals surface area contributed by atoms with Gasteiger partial charge in [0.25, 0.3) is 0 Å². The van der Waals surface area contributed by atoms with Crippen LogP contribution in [-0.4, -0.2) is 57.4 Å².